The summed E-state index contributed by atoms with van der Waals surface area (Å²) < 4.78 is 4.97. The maximum atomic E-state index is 12.2. The molecule has 0 spiro atoms. The molecule has 0 atom stereocenters. The van der Waals surface area contributed by atoms with Crippen LogP contribution >= 0.6 is 11.6 Å². The van der Waals surface area contributed by atoms with Gasteiger partial charge in [-0.1, -0.05) is 0 Å². The van der Waals surface area contributed by atoms with Gasteiger partial charge in [0.25, 0.3) is 5.91 Å². The Balaban J connectivity index is 1.98. The Morgan fingerprint density at radius 2 is 2.11 bits per heavy atom. The van der Waals surface area contributed by atoms with Crippen LogP contribution in [0.2, 0.25) is 5.22 Å². The number of nitrogens with zero attached hydrogens (tertiary/aromatic N) is 1. The minimum Gasteiger partial charge on any atom is -0.452 e. The van der Waals surface area contributed by atoms with Crippen molar-refractivity contribution in [2.24, 2.45) is 0 Å². The van der Waals surface area contributed by atoms with Crippen LogP contribution in [0.3, 0.4) is 0 Å². The van der Waals surface area contributed by atoms with Gasteiger partial charge in [-0.05, 0) is 50.4 Å². The summed E-state index contributed by atoms with van der Waals surface area (Å²) in [7, 11) is 3.83. The summed E-state index contributed by atoms with van der Waals surface area (Å²) in [6, 6.07) is 2.51. The van der Waals surface area contributed by atoms with Crippen LogP contribution in [0.25, 0.3) is 0 Å². The highest BCUT2D eigenvalue weighted by atomic mass is 35.5. The van der Waals surface area contributed by atoms with Crippen LogP contribution in [-0.4, -0.2) is 37.0 Å². The Kier molecular flexibility index (Phi) is 4.30. The van der Waals surface area contributed by atoms with Crippen molar-refractivity contribution in [3.8, 4) is 0 Å². The number of hydrogen-bond acceptors (Lipinski definition) is 3. The van der Waals surface area contributed by atoms with E-state index in [1.165, 1.54) is 6.26 Å². The second kappa shape index (κ2) is 5.76. The Morgan fingerprint density at radius 1 is 1.44 bits per heavy atom. The predicted molar refractivity (Wildman–Crippen MR) is 70.9 cm³/mol. The van der Waals surface area contributed by atoms with Gasteiger partial charge in [-0.2, -0.15) is 0 Å². The lowest BCUT2D eigenvalue weighted by Crippen LogP contribution is -2.42. The van der Waals surface area contributed by atoms with Crippen LogP contribution in [0.4, 0.5) is 0 Å². The van der Waals surface area contributed by atoms with Gasteiger partial charge in [-0.25, -0.2) is 0 Å². The van der Waals surface area contributed by atoms with Crippen molar-refractivity contribution in [1.82, 2.24) is 10.2 Å². The van der Waals surface area contributed by atoms with Crippen LogP contribution in [0.5, 0.6) is 0 Å². The van der Waals surface area contributed by atoms with Gasteiger partial charge in [-0.15, -0.1) is 0 Å². The second-order valence-electron chi connectivity index (χ2n) is 4.82. The Morgan fingerprint density at radius 3 is 2.61 bits per heavy atom. The fraction of sp³-hybridized carbons (Fsp3) is 0.615. The SMILES string of the molecule is CNC1CCC(N(C)C(=O)c2ccoc2Cl)CC1. The molecule has 0 radical (unpaired) electrons. The predicted octanol–water partition coefficient (Wildman–Crippen LogP) is 2.54. The molecule has 1 aromatic rings. The molecule has 0 aliphatic heterocycles. The quantitative estimate of drug-likeness (QED) is 0.918. The normalized spacial score (nSPS) is 23.9. The van der Waals surface area contributed by atoms with Gasteiger partial charge in [0.1, 0.15) is 0 Å². The first-order valence-electron chi connectivity index (χ1n) is 6.31. The minimum absolute atomic E-state index is 0.0540. The molecule has 0 aromatic carbocycles. The van der Waals surface area contributed by atoms with Crippen LogP contribution in [-0.2, 0) is 0 Å². The highest BCUT2D eigenvalue weighted by Crippen LogP contribution is 2.25. The summed E-state index contributed by atoms with van der Waals surface area (Å²) in [5, 5.41) is 3.47. The fourth-order valence-electron chi connectivity index (χ4n) is 2.55. The van der Waals surface area contributed by atoms with Crippen LogP contribution in [0.1, 0.15) is 36.0 Å². The fourth-order valence-corrected chi connectivity index (χ4v) is 2.75. The van der Waals surface area contributed by atoms with Crippen molar-refractivity contribution < 1.29 is 9.21 Å². The molecule has 2 rings (SSSR count). The molecule has 1 aliphatic rings. The highest BCUT2D eigenvalue weighted by Gasteiger charge is 2.27. The minimum atomic E-state index is -0.0540. The van der Waals surface area contributed by atoms with Crippen molar-refractivity contribution >= 4 is 17.5 Å². The third kappa shape index (κ3) is 2.70. The second-order valence-corrected chi connectivity index (χ2v) is 5.16. The summed E-state index contributed by atoms with van der Waals surface area (Å²) in [6.45, 7) is 0. The third-order valence-electron chi connectivity index (χ3n) is 3.82. The lowest BCUT2D eigenvalue weighted by molar-refractivity contribution is 0.0685. The van der Waals surface area contributed by atoms with E-state index in [4.69, 9.17) is 16.0 Å². The number of furan rings is 1. The smallest absolute Gasteiger partial charge is 0.258 e. The lowest BCUT2D eigenvalue weighted by atomic mass is 9.90. The standard InChI is InChI=1S/C13H19ClN2O2/c1-15-9-3-5-10(6-4-9)16(2)13(17)11-7-8-18-12(11)14/h7-10,15H,3-6H2,1-2H3. The van der Waals surface area contributed by atoms with E-state index in [1.807, 2.05) is 14.1 Å². The van der Waals surface area contributed by atoms with Crippen molar-refractivity contribution in [3.05, 3.63) is 23.1 Å². The van der Waals surface area contributed by atoms with E-state index >= 15 is 0 Å². The summed E-state index contributed by atoms with van der Waals surface area (Å²) in [5.74, 6) is -0.0540. The van der Waals surface area contributed by atoms with E-state index in [0.29, 0.717) is 17.6 Å². The molecule has 0 saturated heterocycles. The Labute approximate surface area is 112 Å². The molecular formula is C13H19ClN2O2. The van der Waals surface area contributed by atoms with Gasteiger partial charge in [0.05, 0.1) is 11.8 Å². The van der Waals surface area contributed by atoms with Gasteiger partial charge >= 0.3 is 0 Å². The van der Waals surface area contributed by atoms with Crippen LogP contribution < -0.4 is 5.32 Å². The van der Waals surface area contributed by atoms with Gasteiger partial charge in [0.2, 0.25) is 5.22 Å². The average molecular weight is 271 g/mol. The van der Waals surface area contributed by atoms with Crippen LogP contribution in [0.15, 0.2) is 16.7 Å². The van der Waals surface area contributed by atoms with E-state index < -0.39 is 0 Å². The average Bonchev–Trinajstić information content (AvgIpc) is 2.83. The Bertz CT molecular complexity index is 411. The number of carbonyl (C=O) groups is 1. The molecule has 4 nitrogen and oxygen atoms in total. The summed E-state index contributed by atoms with van der Waals surface area (Å²) >= 11 is 5.84. The third-order valence-corrected chi connectivity index (χ3v) is 4.11. The number of hydrogen-bond donors (Lipinski definition) is 1. The summed E-state index contributed by atoms with van der Waals surface area (Å²) in [6.07, 6.45) is 5.73. The van der Waals surface area contributed by atoms with Crippen molar-refractivity contribution in [3.63, 3.8) is 0 Å². The van der Waals surface area contributed by atoms with E-state index in [2.05, 4.69) is 5.32 Å². The van der Waals surface area contributed by atoms with E-state index in [9.17, 15) is 4.79 Å². The molecule has 1 aliphatic carbocycles. The molecule has 1 fully saturated rings. The van der Waals surface area contributed by atoms with Crippen molar-refractivity contribution in [1.29, 1.82) is 0 Å². The van der Waals surface area contributed by atoms with E-state index in [0.717, 1.165) is 25.7 Å². The maximum Gasteiger partial charge on any atom is 0.258 e. The van der Waals surface area contributed by atoms with Gasteiger partial charge in [0.15, 0.2) is 0 Å². The molecule has 100 valence electrons. The molecule has 5 heteroatoms. The summed E-state index contributed by atoms with van der Waals surface area (Å²) in [5.41, 5.74) is 0.454. The lowest BCUT2D eigenvalue weighted by Gasteiger charge is -2.34. The number of nitrogens with one attached hydrogen (secondary N) is 1. The summed E-state index contributed by atoms with van der Waals surface area (Å²) in [4.78, 5) is 14.0. The van der Waals surface area contributed by atoms with Gasteiger partial charge in [0, 0.05) is 19.1 Å². The monoisotopic (exact) mass is 270 g/mol. The molecule has 1 N–H and O–H groups in total. The molecule has 1 saturated carbocycles. The maximum absolute atomic E-state index is 12.2. The first-order chi connectivity index (χ1) is 8.63. The van der Waals surface area contributed by atoms with E-state index in [1.54, 1.807) is 11.0 Å². The number of carbonyl (C=O) groups excluding carboxylic acids is 1. The van der Waals surface area contributed by atoms with Crippen LogP contribution in [0, 0.1) is 0 Å². The molecular weight excluding hydrogens is 252 g/mol. The zero-order chi connectivity index (χ0) is 13.1. The largest absolute Gasteiger partial charge is 0.452 e. The molecule has 18 heavy (non-hydrogen) atoms. The van der Waals surface area contributed by atoms with Crippen molar-refractivity contribution in [2.75, 3.05) is 14.1 Å². The zero-order valence-corrected chi connectivity index (χ0v) is 11.5. The van der Waals surface area contributed by atoms with Crippen molar-refractivity contribution in [2.45, 2.75) is 37.8 Å². The molecule has 0 unspecified atom stereocenters. The molecule has 0 bridgehead atoms. The highest BCUT2D eigenvalue weighted by molar-refractivity contribution is 6.32. The Hall–Kier alpha value is -1.00. The number of rotatable bonds is 3. The number of amides is 1. The number of halogens is 1. The topological polar surface area (TPSA) is 45.5 Å². The first-order valence-corrected chi connectivity index (χ1v) is 6.68. The zero-order valence-electron chi connectivity index (χ0n) is 10.8. The molecule has 1 amide bonds. The first kappa shape index (κ1) is 13.4. The van der Waals surface area contributed by atoms with Gasteiger partial charge < -0.3 is 14.6 Å². The van der Waals surface area contributed by atoms with Gasteiger partial charge in [-0.3, -0.25) is 4.79 Å². The molecule has 1 aromatic heterocycles. The van der Waals surface area contributed by atoms with E-state index in [-0.39, 0.29) is 11.1 Å². The molecule has 1 heterocycles.